The summed E-state index contributed by atoms with van der Waals surface area (Å²) in [5, 5.41) is 8.30. The van der Waals surface area contributed by atoms with Crippen molar-refractivity contribution in [3.05, 3.63) is 41.2 Å². The fourth-order valence-electron chi connectivity index (χ4n) is 1.90. The van der Waals surface area contributed by atoms with Gasteiger partial charge in [-0.05, 0) is 38.5 Å². The largest absolute Gasteiger partial charge is 0.492 e. The molecule has 1 aromatic carbocycles. The molecule has 2 aromatic rings. The van der Waals surface area contributed by atoms with Crippen molar-refractivity contribution < 1.29 is 4.74 Å². The van der Waals surface area contributed by atoms with Crippen LogP contribution in [0.3, 0.4) is 0 Å². The summed E-state index contributed by atoms with van der Waals surface area (Å²) in [4.78, 5) is 0. The standard InChI is InChI=1S/C16H22ClN3O/c1-4-7-21-16-6-5-14(8-15(16)17)18-9-13-10-19-20(11-13)12(2)3/h5-6,8,10-12,18H,4,7,9H2,1-3H3. The molecule has 0 fully saturated rings. The first-order chi connectivity index (χ1) is 10.1. The zero-order valence-corrected chi connectivity index (χ0v) is 13.5. The maximum absolute atomic E-state index is 6.21. The SMILES string of the molecule is CCCOc1ccc(NCc2cnn(C(C)C)c2)cc1Cl. The van der Waals surface area contributed by atoms with Gasteiger partial charge >= 0.3 is 0 Å². The van der Waals surface area contributed by atoms with Crippen LogP contribution in [0, 0.1) is 0 Å². The topological polar surface area (TPSA) is 39.1 Å². The van der Waals surface area contributed by atoms with Gasteiger partial charge in [0.05, 0.1) is 17.8 Å². The summed E-state index contributed by atoms with van der Waals surface area (Å²) in [7, 11) is 0. The van der Waals surface area contributed by atoms with E-state index < -0.39 is 0 Å². The highest BCUT2D eigenvalue weighted by Crippen LogP contribution is 2.28. The Morgan fingerprint density at radius 3 is 2.81 bits per heavy atom. The molecule has 21 heavy (non-hydrogen) atoms. The lowest BCUT2D eigenvalue weighted by Crippen LogP contribution is -2.01. The normalized spacial score (nSPS) is 10.9. The van der Waals surface area contributed by atoms with E-state index in [-0.39, 0.29) is 0 Å². The van der Waals surface area contributed by atoms with E-state index in [1.165, 1.54) is 0 Å². The minimum atomic E-state index is 0.378. The Kier molecular flexibility index (Phi) is 5.51. The molecule has 0 amide bonds. The van der Waals surface area contributed by atoms with Crippen LogP contribution in [0.15, 0.2) is 30.6 Å². The van der Waals surface area contributed by atoms with Gasteiger partial charge in [-0.2, -0.15) is 5.10 Å². The summed E-state index contributed by atoms with van der Waals surface area (Å²) >= 11 is 6.21. The molecule has 0 radical (unpaired) electrons. The number of hydrogen-bond acceptors (Lipinski definition) is 3. The van der Waals surface area contributed by atoms with Crippen LogP contribution in [0.2, 0.25) is 5.02 Å². The van der Waals surface area contributed by atoms with Crippen LogP contribution in [0.1, 0.15) is 38.8 Å². The summed E-state index contributed by atoms with van der Waals surface area (Å²) in [6, 6.07) is 6.14. The summed E-state index contributed by atoms with van der Waals surface area (Å²) in [6.07, 6.45) is 4.90. The first-order valence-electron chi connectivity index (χ1n) is 7.29. The molecule has 0 bridgehead atoms. The van der Waals surface area contributed by atoms with Crippen molar-refractivity contribution in [2.24, 2.45) is 0 Å². The number of nitrogens with one attached hydrogen (secondary N) is 1. The van der Waals surface area contributed by atoms with Crippen molar-refractivity contribution in [2.45, 2.75) is 39.8 Å². The fourth-order valence-corrected chi connectivity index (χ4v) is 2.13. The molecule has 0 saturated carbocycles. The number of anilines is 1. The highest BCUT2D eigenvalue weighted by atomic mass is 35.5. The predicted molar refractivity (Wildman–Crippen MR) is 87.2 cm³/mol. The van der Waals surface area contributed by atoms with E-state index in [1.807, 2.05) is 29.1 Å². The van der Waals surface area contributed by atoms with Crippen molar-refractivity contribution in [2.75, 3.05) is 11.9 Å². The summed E-state index contributed by atoms with van der Waals surface area (Å²) in [5.74, 6) is 0.733. The van der Waals surface area contributed by atoms with Crippen molar-refractivity contribution in [1.82, 2.24) is 9.78 Å². The van der Waals surface area contributed by atoms with Crippen LogP contribution < -0.4 is 10.1 Å². The highest BCUT2D eigenvalue weighted by Gasteiger charge is 2.04. The zero-order valence-electron chi connectivity index (χ0n) is 12.8. The van der Waals surface area contributed by atoms with E-state index in [1.54, 1.807) is 0 Å². The fraction of sp³-hybridized carbons (Fsp3) is 0.438. The lowest BCUT2D eigenvalue weighted by molar-refractivity contribution is 0.317. The molecule has 2 rings (SSSR count). The molecule has 114 valence electrons. The number of aromatic nitrogens is 2. The van der Waals surface area contributed by atoms with Crippen LogP contribution in [0.4, 0.5) is 5.69 Å². The van der Waals surface area contributed by atoms with Crippen LogP contribution >= 0.6 is 11.6 Å². The Morgan fingerprint density at radius 1 is 1.38 bits per heavy atom. The monoisotopic (exact) mass is 307 g/mol. The van der Waals surface area contributed by atoms with Gasteiger partial charge in [0, 0.05) is 30.0 Å². The minimum absolute atomic E-state index is 0.378. The van der Waals surface area contributed by atoms with Gasteiger partial charge in [0.15, 0.2) is 0 Å². The van der Waals surface area contributed by atoms with Crippen molar-refractivity contribution >= 4 is 17.3 Å². The van der Waals surface area contributed by atoms with Crippen LogP contribution in [-0.4, -0.2) is 16.4 Å². The summed E-state index contributed by atoms with van der Waals surface area (Å²) < 4.78 is 7.51. The van der Waals surface area contributed by atoms with Crippen molar-refractivity contribution in [3.63, 3.8) is 0 Å². The molecule has 0 spiro atoms. The molecule has 1 N–H and O–H groups in total. The van der Waals surface area contributed by atoms with Crippen LogP contribution in [0.5, 0.6) is 5.75 Å². The summed E-state index contributed by atoms with van der Waals surface area (Å²) in [5.41, 5.74) is 2.12. The molecule has 0 aliphatic heterocycles. The molecule has 0 saturated heterocycles. The molecule has 4 nitrogen and oxygen atoms in total. The molecule has 1 heterocycles. The lowest BCUT2D eigenvalue weighted by Gasteiger charge is -2.10. The Labute approximate surface area is 131 Å². The van der Waals surface area contributed by atoms with E-state index >= 15 is 0 Å². The van der Waals surface area contributed by atoms with E-state index in [0.717, 1.165) is 30.0 Å². The van der Waals surface area contributed by atoms with Crippen molar-refractivity contribution in [1.29, 1.82) is 0 Å². The van der Waals surface area contributed by atoms with Crippen molar-refractivity contribution in [3.8, 4) is 5.75 Å². The third-order valence-electron chi connectivity index (χ3n) is 3.07. The predicted octanol–water partition coefficient (Wildman–Crippen LogP) is 4.52. The van der Waals surface area contributed by atoms with E-state index in [9.17, 15) is 0 Å². The average molecular weight is 308 g/mol. The Morgan fingerprint density at radius 2 is 2.19 bits per heavy atom. The molecule has 0 aliphatic rings. The third-order valence-corrected chi connectivity index (χ3v) is 3.37. The number of halogens is 1. The number of rotatable bonds is 7. The van der Waals surface area contributed by atoms with E-state index in [2.05, 4.69) is 37.4 Å². The summed E-state index contributed by atoms with van der Waals surface area (Å²) in [6.45, 7) is 7.69. The van der Waals surface area contributed by atoms with Gasteiger partial charge in [0.1, 0.15) is 5.75 Å². The minimum Gasteiger partial charge on any atom is -0.492 e. The Hall–Kier alpha value is -1.68. The maximum Gasteiger partial charge on any atom is 0.138 e. The van der Waals surface area contributed by atoms with Crippen LogP contribution in [-0.2, 0) is 6.54 Å². The second-order valence-corrected chi connectivity index (χ2v) is 5.68. The van der Waals surface area contributed by atoms with Gasteiger partial charge in [-0.3, -0.25) is 4.68 Å². The molecule has 0 atom stereocenters. The number of benzene rings is 1. The smallest absolute Gasteiger partial charge is 0.138 e. The van der Waals surface area contributed by atoms with E-state index in [0.29, 0.717) is 17.7 Å². The van der Waals surface area contributed by atoms with Crippen LogP contribution in [0.25, 0.3) is 0 Å². The quantitative estimate of drug-likeness (QED) is 0.817. The van der Waals surface area contributed by atoms with Gasteiger partial charge in [-0.15, -0.1) is 0 Å². The van der Waals surface area contributed by atoms with Gasteiger partial charge in [-0.25, -0.2) is 0 Å². The highest BCUT2D eigenvalue weighted by molar-refractivity contribution is 6.32. The third kappa shape index (κ3) is 4.39. The van der Waals surface area contributed by atoms with Gasteiger partial charge in [-0.1, -0.05) is 18.5 Å². The molecule has 0 unspecified atom stereocenters. The first-order valence-corrected chi connectivity index (χ1v) is 7.67. The first kappa shape index (κ1) is 15.7. The average Bonchev–Trinajstić information content (AvgIpc) is 2.93. The van der Waals surface area contributed by atoms with Gasteiger partial charge in [0.25, 0.3) is 0 Å². The Balaban J connectivity index is 1.95. The maximum atomic E-state index is 6.21. The second-order valence-electron chi connectivity index (χ2n) is 5.27. The lowest BCUT2D eigenvalue weighted by atomic mass is 10.2. The van der Waals surface area contributed by atoms with E-state index in [4.69, 9.17) is 16.3 Å². The van der Waals surface area contributed by atoms with Gasteiger partial charge in [0.2, 0.25) is 0 Å². The molecular weight excluding hydrogens is 286 g/mol. The zero-order chi connectivity index (χ0) is 15.2. The number of hydrogen-bond donors (Lipinski definition) is 1. The number of ether oxygens (including phenoxy) is 1. The molecular formula is C16H22ClN3O. The molecule has 0 aliphatic carbocycles. The number of nitrogens with zero attached hydrogens (tertiary/aromatic N) is 2. The molecule has 5 heteroatoms. The Bertz CT molecular complexity index is 581. The second kappa shape index (κ2) is 7.36. The molecule has 1 aromatic heterocycles. The van der Waals surface area contributed by atoms with Gasteiger partial charge < -0.3 is 10.1 Å².